The second-order valence-electron chi connectivity index (χ2n) is 31.6. The van der Waals surface area contributed by atoms with E-state index in [0.717, 1.165) is 25.7 Å². The van der Waals surface area contributed by atoms with E-state index in [0.29, 0.717) is 96.9 Å². The summed E-state index contributed by atoms with van der Waals surface area (Å²) >= 11 is 0. The van der Waals surface area contributed by atoms with Crippen LogP contribution in [-0.2, 0) is 33.4 Å². The van der Waals surface area contributed by atoms with Crippen LogP contribution in [0, 0.1) is 73.4 Å². The first kappa shape index (κ1) is 71.3. The van der Waals surface area contributed by atoms with Crippen molar-refractivity contribution in [3.8, 4) is 11.1 Å². The second-order valence-corrected chi connectivity index (χ2v) is 31.6. The molecule has 2 amide bonds. The first-order valence-corrected chi connectivity index (χ1v) is 33.6. The van der Waals surface area contributed by atoms with Crippen molar-refractivity contribution in [2.24, 2.45) is 78.4 Å². The summed E-state index contributed by atoms with van der Waals surface area (Å²) in [5.41, 5.74) is 0.234. The number of carbonyl (C=O) groups is 5. The van der Waals surface area contributed by atoms with E-state index in [1.807, 2.05) is 122 Å². The number of allylic oxidation sites excluding steroid dienone is 1. The predicted octanol–water partition coefficient (Wildman–Crippen LogP) is 18.7. The number of hydrogen-bond acceptors (Lipinski definition) is 9. The van der Waals surface area contributed by atoms with Crippen LogP contribution in [0.15, 0.2) is 76.9 Å². The highest BCUT2D eigenvalue weighted by atomic mass is 16.6. The number of anilines is 1. The van der Waals surface area contributed by atoms with Gasteiger partial charge in [-0.3, -0.25) is 14.4 Å². The summed E-state index contributed by atoms with van der Waals surface area (Å²) in [4.78, 5) is 84.6. The van der Waals surface area contributed by atoms with Gasteiger partial charge < -0.3 is 29.8 Å². The minimum absolute atomic E-state index is 0.0156. The highest BCUT2D eigenvalue weighted by Gasteiger charge is 2.51. The average molecular weight is 1210 g/mol. The van der Waals surface area contributed by atoms with Crippen molar-refractivity contribution in [2.45, 2.75) is 242 Å². The van der Waals surface area contributed by atoms with Crippen molar-refractivity contribution in [1.29, 1.82) is 0 Å². The molecule has 1 aromatic heterocycles. The number of carbonyl (C=O) groups excluding carboxylic acids is 5. The maximum Gasteiger partial charge on any atom is 0.342 e. The summed E-state index contributed by atoms with van der Waals surface area (Å²) < 4.78 is 20.0. The number of nitrogens with zero attached hydrogens (tertiary/aromatic N) is 1. The van der Waals surface area contributed by atoms with E-state index in [-0.39, 0.29) is 92.5 Å². The number of ether oxygens (including phenoxy) is 3. The minimum atomic E-state index is -0.931. The molecule has 0 spiro atoms. The molecule has 2 heterocycles. The largest absolute Gasteiger partial charge is 0.465 e. The first-order valence-electron chi connectivity index (χ1n) is 33.6. The van der Waals surface area contributed by atoms with Crippen LogP contribution in [0.2, 0.25) is 0 Å². The van der Waals surface area contributed by atoms with Crippen LogP contribution in [-0.4, -0.2) is 59.4 Å². The average Bonchev–Trinajstić information content (AvgIpc) is 2.25. The van der Waals surface area contributed by atoms with Crippen LogP contribution in [0.5, 0.6) is 0 Å². The van der Waals surface area contributed by atoms with Gasteiger partial charge >= 0.3 is 17.9 Å². The van der Waals surface area contributed by atoms with Gasteiger partial charge in [-0.15, -0.1) is 0 Å². The summed E-state index contributed by atoms with van der Waals surface area (Å²) in [6.45, 7) is 47.3. The van der Waals surface area contributed by atoms with Gasteiger partial charge in [0.1, 0.15) is 35.0 Å². The van der Waals surface area contributed by atoms with Crippen LogP contribution in [0.1, 0.15) is 251 Å². The van der Waals surface area contributed by atoms with Gasteiger partial charge in [-0.1, -0.05) is 199 Å². The molecule has 486 valence electrons. The Bertz CT molecular complexity index is 2960. The summed E-state index contributed by atoms with van der Waals surface area (Å²) in [6, 6.07) is 19.3. The lowest BCUT2D eigenvalue weighted by molar-refractivity contribution is -0.164. The number of amides is 2. The number of nitrogens with one attached hydrogen (secondary N) is 3. The molecule has 0 saturated heterocycles. The maximum atomic E-state index is 16.1. The van der Waals surface area contributed by atoms with E-state index in [4.69, 9.17) is 19.2 Å². The molecule has 2 aromatic carbocycles. The fourth-order valence-electron chi connectivity index (χ4n) is 14.5. The molecule has 6 rings (SSSR count). The lowest BCUT2D eigenvalue weighted by Gasteiger charge is -2.50. The predicted molar refractivity (Wildman–Crippen MR) is 360 cm³/mol. The van der Waals surface area contributed by atoms with E-state index < -0.39 is 40.4 Å². The third-order valence-corrected chi connectivity index (χ3v) is 21.3. The molecular formula is C76H114N4O8. The van der Waals surface area contributed by atoms with Crippen LogP contribution >= 0.6 is 0 Å². The third kappa shape index (κ3) is 15.9. The van der Waals surface area contributed by atoms with Gasteiger partial charge in [0, 0.05) is 45.6 Å². The van der Waals surface area contributed by atoms with Crippen LogP contribution < -0.4 is 10.6 Å². The van der Waals surface area contributed by atoms with Crippen LogP contribution in [0.4, 0.5) is 5.82 Å². The number of aliphatic imine (C=N–C) groups is 1. The maximum absolute atomic E-state index is 16.1. The summed E-state index contributed by atoms with van der Waals surface area (Å²) in [5.74, 6) is -0.751. The number of aromatic nitrogens is 1. The molecule has 4 unspecified atom stereocenters. The zero-order valence-corrected chi connectivity index (χ0v) is 58.4. The third-order valence-electron chi connectivity index (χ3n) is 21.3. The molecule has 2 aliphatic carbocycles. The number of rotatable bonds is 21. The summed E-state index contributed by atoms with van der Waals surface area (Å²) in [5, 5.41) is 6.55. The SMILES string of the molecule is CCC(C)(C)C(=O)OCCCC(CC)(CC)C(=O)NC1=NC(=Cc2[nH]c(NC(=O)C(CC)(CC)CC)c(C(=O)OC3C(C(C)(C)C)CC(C)CC3C(C)(C)C)c2-c2ccccc2)C(c2ccccc2)=C1C(=O)OC1C(C(C)(C)C)CC(C)CC1C(C)(C)C. The second kappa shape index (κ2) is 28.2. The molecule has 3 N–H and O–H groups in total. The highest BCUT2D eigenvalue weighted by molar-refractivity contribution is 6.32. The van der Waals surface area contributed by atoms with Gasteiger partial charge in [-0.05, 0) is 142 Å². The van der Waals surface area contributed by atoms with Gasteiger partial charge in [-0.25, -0.2) is 14.6 Å². The van der Waals surface area contributed by atoms with Crippen LogP contribution in [0.25, 0.3) is 22.8 Å². The Morgan fingerprint density at radius 3 is 1.40 bits per heavy atom. The van der Waals surface area contributed by atoms with E-state index >= 15 is 19.2 Å². The van der Waals surface area contributed by atoms with E-state index in [2.05, 4.69) is 113 Å². The minimum Gasteiger partial charge on any atom is -0.465 e. The van der Waals surface area contributed by atoms with Gasteiger partial charge in [0.25, 0.3) is 0 Å². The first-order chi connectivity index (χ1) is 41.0. The zero-order chi connectivity index (χ0) is 65.7. The lowest BCUT2D eigenvalue weighted by Crippen LogP contribution is -2.50. The van der Waals surface area contributed by atoms with Crippen LogP contribution in [0.3, 0.4) is 0 Å². The monoisotopic (exact) mass is 1210 g/mol. The van der Waals surface area contributed by atoms with Crippen molar-refractivity contribution < 1.29 is 38.2 Å². The molecule has 3 aromatic rings. The van der Waals surface area contributed by atoms with E-state index in [9.17, 15) is 4.79 Å². The fraction of sp³-hybridized carbons (Fsp3) is 0.658. The summed E-state index contributed by atoms with van der Waals surface area (Å²) in [6.07, 6.45) is 8.65. The molecule has 1 aliphatic heterocycles. The Morgan fingerprint density at radius 2 is 0.977 bits per heavy atom. The Morgan fingerprint density at radius 1 is 0.557 bits per heavy atom. The number of hydrogen-bond donors (Lipinski definition) is 3. The zero-order valence-electron chi connectivity index (χ0n) is 58.4. The quantitative estimate of drug-likeness (QED) is 0.0539. The van der Waals surface area contributed by atoms with Crippen molar-refractivity contribution in [3.05, 3.63) is 88.8 Å². The Hall–Kier alpha value is -5.78. The van der Waals surface area contributed by atoms with Crippen molar-refractivity contribution >= 4 is 53.0 Å². The van der Waals surface area contributed by atoms with Gasteiger partial charge in [0.2, 0.25) is 11.8 Å². The normalized spacial score (nSPS) is 22.9. The Balaban J connectivity index is 1.67. The Labute approximate surface area is 530 Å². The molecule has 0 radical (unpaired) electrons. The number of esters is 3. The van der Waals surface area contributed by atoms with Gasteiger partial charge in [-0.2, -0.15) is 0 Å². The lowest BCUT2D eigenvalue weighted by atomic mass is 9.59. The molecule has 2 fully saturated rings. The number of benzene rings is 2. The molecule has 88 heavy (non-hydrogen) atoms. The summed E-state index contributed by atoms with van der Waals surface area (Å²) in [7, 11) is 0. The molecule has 2 saturated carbocycles. The molecule has 12 nitrogen and oxygen atoms in total. The van der Waals surface area contributed by atoms with E-state index in [1.54, 1.807) is 0 Å². The van der Waals surface area contributed by atoms with E-state index in [1.165, 1.54) is 0 Å². The topological polar surface area (TPSA) is 165 Å². The van der Waals surface area contributed by atoms with Gasteiger partial charge in [0.15, 0.2) is 0 Å². The van der Waals surface area contributed by atoms with Crippen molar-refractivity contribution in [2.75, 3.05) is 11.9 Å². The molecular weight excluding hydrogens is 1100 g/mol. The van der Waals surface area contributed by atoms with Gasteiger partial charge in [0.05, 0.1) is 23.4 Å². The number of amidine groups is 1. The molecule has 3 aliphatic rings. The highest BCUT2D eigenvalue weighted by Crippen LogP contribution is 2.53. The Kier molecular flexibility index (Phi) is 22.8. The molecule has 12 heteroatoms. The smallest absolute Gasteiger partial charge is 0.342 e. The standard InChI is InChI=1S/C76H114N4O8/c1-23-74(21,22)69(85)86-41-35-40-76(27-5,28-6)68(84)80-64-60(66(82)88-62-53(72(15,16)17)44-48(8)45-54(62)73(18,19)20)58(50-38-33-30-34-39-50)56(78-64)46-55-57(49-36-31-29-32-37-49)59(63(77-55)79-67(83)75(24-2,25-3)26-4)65(81)87-61-51(70(9,10)11)42-47(7)43-52(61)71(12,13)14/h29-34,36-39,46-48,51-54,61-62,77H,23-28,35,40-45H2,1-22H3,(H,79,83)(H,78,80,84). The fourth-order valence-corrected chi connectivity index (χ4v) is 14.5. The molecule has 0 bridgehead atoms. The number of H-pyrrole nitrogens is 1. The van der Waals surface area contributed by atoms with Crippen molar-refractivity contribution in [1.82, 2.24) is 10.3 Å². The number of aromatic amines is 1. The van der Waals surface area contributed by atoms with Crippen molar-refractivity contribution in [3.63, 3.8) is 0 Å². The molecule has 4 atom stereocenters.